The summed E-state index contributed by atoms with van der Waals surface area (Å²) in [6.45, 7) is 10.5. The van der Waals surface area contributed by atoms with Crippen LogP contribution in [0.5, 0.6) is 0 Å². The first-order valence-electron chi connectivity index (χ1n) is 6.29. The predicted molar refractivity (Wildman–Crippen MR) is 62.6 cm³/mol. The summed E-state index contributed by atoms with van der Waals surface area (Å²) in [5.41, 5.74) is 0. The SMILES string of the molecule is CCNC1CCCN(C(CC)CC)C1. The highest BCUT2D eigenvalue weighted by molar-refractivity contribution is 4.81. The first-order chi connectivity index (χ1) is 6.81. The van der Waals surface area contributed by atoms with Gasteiger partial charge in [0.1, 0.15) is 0 Å². The van der Waals surface area contributed by atoms with Crippen LogP contribution in [0.25, 0.3) is 0 Å². The summed E-state index contributed by atoms with van der Waals surface area (Å²) in [6, 6.07) is 1.56. The zero-order valence-corrected chi connectivity index (χ0v) is 10.1. The van der Waals surface area contributed by atoms with Gasteiger partial charge in [0.25, 0.3) is 0 Å². The quantitative estimate of drug-likeness (QED) is 0.729. The van der Waals surface area contributed by atoms with Gasteiger partial charge in [-0.15, -0.1) is 0 Å². The number of likely N-dealkylation sites (N-methyl/N-ethyl adjacent to an activating group) is 1. The smallest absolute Gasteiger partial charge is 0.0195 e. The molecule has 0 amide bonds. The highest BCUT2D eigenvalue weighted by atomic mass is 15.2. The van der Waals surface area contributed by atoms with Crippen LogP contribution in [0.3, 0.4) is 0 Å². The monoisotopic (exact) mass is 198 g/mol. The molecule has 1 fully saturated rings. The van der Waals surface area contributed by atoms with E-state index in [1.807, 2.05) is 0 Å². The van der Waals surface area contributed by atoms with E-state index < -0.39 is 0 Å². The average Bonchev–Trinajstić information content (AvgIpc) is 2.21. The molecule has 0 aromatic carbocycles. The van der Waals surface area contributed by atoms with Crippen LogP contribution in [0.15, 0.2) is 0 Å². The molecule has 84 valence electrons. The summed E-state index contributed by atoms with van der Waals surface area (Å²) in [7, 11) is 0. The fraction of sp³-hybridized carbons (Fsp3) is 1.00. The second-order valence-electron chi connectivity index (χ2n) is 4.36. The molecule has 0 radical (unpaired) electrons. The molecule has 1 aliphatic rings. The fourth-order valence-electron chi connectivity index (χ4n) is 2.60. The van der Waals surface area contributed by atoms with Crippen molar-refractivity contribution in [1.29, 1.82) is 0 Å². The molecule has 14 heavy (non-hydrogen) atoms. The molecular weight excluding hydrogens is 172 g/mol. The van der Waals surface area contributed by atoms with E-state index in [1.165, 1.54) is 38.8 Å². The zero-order valence-electron chi connectivity index (χ0n) is 10.1. The van der Waals surface area contributed by atoms with Crippen LogP contribution in [-0.4, -0.2) is 36.6 Å². The van der Waals surface area contributed by atoms with Crippen molar-refractivity contribution in [3.8, 4) is 0 Å². The molecule has 0 saturated carbocycles. The van der Waals surface area contributed by atoms with Gasteiger partial charge >= 0.3 is 0 Å². The van der Waals surface area contributed by atoms with E-state index in [4.69, 9.17) is 0 Å². The van der Waals surface area contributed by atoms with E-state index in [0.717, 1.165) is 18.6 Å². The van der Waals surface area contributed by atoms with E-state index in [0.29, 0.717) is 0 Å². The molecule has 1 atom stereocenters. The summed E-state index contributed by atoms with van der Waals surface area (Å²) < 4.78 is 0. The summed E-state index contributed by atoms with van der Waals surface area (Å²) in [4.78, 5) is 2.68. The van der Waals surface area contributed by atoms with Crippen molar-refractivity contribution in [2.24, 2.45) is 0 Å². The molecule has 0 aromatic heterocycles. The molecule has 1 aliphatic heterocycles. The van der Waals surface area contributed by atoms with Crippen molar-refractivity contribution in [3.05, 3.63) is 0 Å². The van der Waals surface area contributed by atoms with Crippen molar-refractivity contribution in [1.82, 2.24) is 10.2 Å². The second kappa shape index (κ2) is 6.41. The molecule has 1 rings (SSSR count). The Balaban J connectivity index is 2.38. The number of hydrogen-bond acceptors (Lipinski definition) is 2. The summed E-state index contributed by atoms with van der Waals surface area (Å²) in [6.07, 6.45) is 5.34. The molecule has 0 spiro atoms. The number of hydrogen-bond donors (Lipinski definition) is 1. The molecule has 1 saturated heterocycles. The topological polar surface area (TPSA) is 15.3 Å². The molecule has 1 N–H and O–H groups in total. The third-order valence-corrected chi connectivity index (χ3v) is 3.40. The van der Waals surface area contributed by atoms with Crippen molar-refractivity contribution in [2.75, 3.05) is 19.6 Å². The van der Waals surface area contributed by atoms with Gasteiger partial charge < -0.3 is 5.32 Å². The Kier molecular flexibility index (Phi) is 5.49. The first-order valence-corrected chi connectivity index (χ1v) is 6.29. The van der Waals surface area contributed by atoms with Crippen LogP contribution in [0, 0.1) is 0 Å². The maximum Gasteiger partial charge on any atom is 0.0195 e. The van der Waals surface area contributed by atoms with Gasteiger partial charge in [0, 0.05) is 18.6 Å². The van der Waals surface area contributed by atoms with Gasteiger partial charge in [-0.3, -0.25) is 4.90 Å². The molecular formula is C12H26N2. The van der Waals surface area contributed by atoms with Gasteiger partial charge in [-0.2, -0.15) is 0 Å². The Morgan fingerprint density at radius 2 is 2.00 bits per heavy atom. The number of nitrogens with zero attached hydrogens (tertiary/aromatic N) is 1. The van der Waals surface area contributed by atoms with Crippen molar-refractivity contribution >= 4 is 0 Å². The van der Waals surface area contributed by atoms with Crippen LogP contribution in [0.4, 0.5) is 0 Å². The largest absolute Gasteiger partial charge is 0.313 e. The van der Waals surface area contributed by atoms with E-state index >= 15 is 0 Å². The van der Waals surface area contributed by atoms with E-state index in [9.17, 15) is 0 Å². The van der Waals surface area contributed by atoms with Gasteiger partial charge in [-0.25, -0.2) is 0 Å². The lowest BCUT2D eigenvalue weighted by atomic mass is 10.0. The lowest BCUT2D eigenvalue weighted by molar-refractivity contribution is 0.131. The molecule has 0 aromatic rings. The Morgan fingerprint density at radius 3 is 2.57 bits per heavy atom. The average molecular weight is 198 g/mol. The number of rotatable bonds is 5. The summed E-state index contributed by atoms with van der Waals surface area (Å²) in [5.74, 6) is 0. The third-order valence-electron chi connectivity index (χ3n) is 3.40. The second-order valence-corrected chi connectivity index (χ2v) is 4.36. The van der Waals surface area contributed by atoms with Gasteiger partial charge in [0.2, 0.25) is 0 Å². The number of nitrogens with one attached hydrogen (secondary N) is 1. The van der Waals surface area contributed by atoms with Crippen LogP contribution in [0.1, 0.15) is 46.5 Å². The summed E-state index contributed by atoms with van der Waals surface area (Å²) in [5, 5.41) is 3.58. The molecule has 2 heteroatoms. The maximum atomic E-state index is 3.58. The molecule has 0 bridgehead atoms. The third kappa shape index (κ3) is 3.25. The molecule has 1 unspecified atom stereocenters. The Hall–Kier alpha value is -0.0800. The Morgan fingerprint density at radius 1 is 1.29 bits per heavy atom. The normalized spacial score (nSPS) is 24.4. The first kappa shape index (κ1) is 12.0. The number of likely N-dealkylation sites (tertiary alicyclic amines) is 1. The zero-order chi connectivity index (χ0) is 10.4. The van der Waals surface area contributed by atoms with Crippen molar-refractivity contribution < 1.29 is 0 Å². The molecule has 1 heterocycles. The predicted octanol–water partition coefficient (Wildman–Crippen LogP) is 2.25. The van der Waals surface area contributed by atoms with Crippen LogP contribution in [0.2, 0.25) is 0 Å². The molecule has 2 nitrogen and oxygen atoms in total. The Labute approximate surface area is 89.1 Å². The minimum absolute atomic E-state index is 0.745. The van der Waals surface area contributed by atoms with E-state index in [-0.39, 0.29) is 0 Å². The van der Waals surface area contributed by atoms with Gasteiger partial charge in [0.05, 0.1) is 0 Å². The maximum absolute atomic E-state index is 3.58. The lowest BCUT2D eigenvalue weighted by Gasteiger charge is -2.38. The van der Waals surface area contributed by atoms with Crippen molar-refractivity contribution in [2.45, 2.75) is 58.5 Å². The fourth-order valence-corrected chi connectivity index (χ4v) is 2.60. The molecule has 0 aliphatic carbocycles. The standard InChI is InChI=1S/C12H26N2/c1-4-12(5-2)14-9-7-8-11(10-14)13-6-3/h11-13H,4-10H2,1-3H3. The lowest BCUT2D eigenvalue weighted by Crippen LogP contribution is -2.49. The van der Waals surface area contributed by atoms with Gasteiger partial charge in [0.15, 0.2) is 0 Å². The highest BCUT2D eigenvalue weighted by Gasteiger charge is 2.22. The van der Waals surface area contributed by atoms with E-state index in [1.54, 1.807) is 0 Å². The van der Waals surface area contributed by atoms with Crippen molar-refractivity contribution in [3.63, 3.8) is 0 Å². The highest BCUT2D eigenvalue weighted by Crippen LogP contribution is 2.16. The van der Waals surface area contributed by atoms with Gasteiger partial charge in [-0.1, -0.05) is 20.8 Å². The van der Waals surface area contributed by atoms with Crippen LogP contribution >= 0.6 is 0 Å². The minimum Gasteiger partial charge on any atom is -0.313 e. The van der Waals surface area contributed by atoms with E-state index in [2.05, 4.69) is 31.0 Å². The van der Waals surface area contributed by atoms with Crippen LogP contribution in [-0.2, 0) is 0 Å². The van der Waals surface area contributed by atoms with Crippen LogP contribution < -0.4 is 5.32 Å². The number of piperidine rings is 1. The summed E-state index contributed by atoms with van der Waals surface area (Å²) >= 11 is 0. The van der Waals surface area contributed by atoms with Gasteiger partial charge in [-0.05, 0) is 38.8 Å². The minimum atomic E-state index is 0.745. The Bertz CT molecular complexity index is 141.